The van der Waals surface area contributed by atoms with Crippen molar-refractivity contribution in [1.82, 2.24) is 0 Å². The summed E-state index contributed by atoms with van der Waals surface area (Å²) in [5, 5.41) is 0.271. The fourth-order valence-corrected chi connectivity index (χ4v) is 4.53. The molecule has 0 rings (SSSR count). The average molecular weight is 401 g/mol. The van der Waals surface area contributed by atoms with Crippen molar-refractivity contribution in [3.63, 3.8) is 0 Å². The van der Waals surface area contributed by atoms with Gasteiger partial charge in [0.05, 0.1) is 7.11 Å². The first-order valence-electron chi connectivity index (χ1n) is 11.4. The quantitative estimate of drug-likeness (QED) is 0.152. The zero-order chi connectivity index (χ0) is 20.8. The SMILES string of the molecule is CCCCCCCCC(CCCCCCC(=O)OC)O[Si](C)(C)C(C)(C)C. The molecule has 0 aliphatic heterocycles. The summed E-state index contributed by atoms with van der Waals surface area (Å²) in [5.41, 5.74) is 0. The van der Waals surface area contributed by atoms with Gasteiger partial charge in [-0.25, -0.2) is 0 Å². The first-order valence-corrected chi connectivity index (χ1v) is 14.3. The summed E-state index contributed by atoms with van der Waals surface area (Å²) in [7, 11) is -0.240. The number of esters is 1. The molecule has 0 spiro atoms. The van der Waals surface area contributed by atoms with E-state index in [1.165, 1.54) is 71.3 Å². The van der Waals surface area contributed by atoms with Crippen molar-refractivity contribution >= 4 is 14.3 Å². The fraction of sp³-hybridized carbons (Fsp3) is 0.957. The van der Waals surface area contributed by atoms with Crippen LogP contribution in [0.4, 0.5) is 0 Å². The summed E-state index contributed by atoms with van der Waals surface area (Å²) in [4.78, 5) is 11.2. The monoisotopic (exact) mass is 400 g/mol. The van der Waals surface area contributed by atoms with E-state index in [0.717, 1.165) is 12.8 Å². The van der Waals surface area contributed by atoms with E-state index in [4.69, 9.17) is 9.16 Å². The van der Waals surface area contributed by atoms with Crippen LogP contribution in [-0.2, 0) is 14.0 Å². The van der Waals surface area contributed by atoms with Gasteiger partial charge in [0.1, 0.15) is 0 Å². The molecule has 0 radical (unpaired) electrons. The fourth-order valence-electron chi connectivity index (χ4n) is 3.10. The van der Waals surface area contributed by atoms with Crippen LogP contribution in [0.3, 0.4) is 0 Å². The van der Waals surface area contributed by atoms with E-state index in [1.807, 2.05) is 0 Å². The molecule has 0 N–H and O–H groups in total. The van der Waals surface area contributed by atoms with Crippen molar-refractivity contribution in [2.45, 2.75) is 135 Å². The van der Waals surface area contributed by atoms with Gasteiger partial charge in [-0.2, -0.15) is 0 Å². The lowest BCUT2D eigenvalue weighted by atomic mass is 10.0. The Balaban J connectivity index is 4.29. The highest BCUT2D eigenvalue weighted by atomic mass is 28.4. The van der Waals surface area contributed by atoms with Crippen molar-refractivity contribution in [2.24, 2.45) is 0 Å². The van der Waals surface area contributed by atoms with Crippen molar-refractivity contribution < 1.29 is 14.0 Å². The summed E-state index contributed by atoms with van der Waals surface area (Å²) < 4.78 is 11.5. The molecule has 162 valence electrons. The van der Waals surface area contributed by atoms with Gasteiger partial charge < -0.3 is 9.16 Å². The topological polar surface area (TPSA) is 35.5 Å². The average Bonchev–Trinajstić information content (AvgIpc) is 2.59. The molecule has 0 aromatic heterocycles. The van der Waals surface area contributed by atoms with E-state index >= 15 is 0 Å². The molecule has 0 aliphatic carbocycles. The van der Waals surface area contributed by atoms with Gasteiger partial charge in [0, 0.05) is 12.5 Å². The molecule has 4 heteroatoms. The Morgan fingerprint density at radius 3 is 1.81 bits per heavy atom. The number of carbonyl (C=O) groups excluding carboxylic acids is 1. The number of carbonyl (C=O) groups is 1. The van der Waals surface area contributed by atoms with Gasteiger partial charge >= 0.3 is 5.97 Å². The third kappa shape index (κ3) is 13.5. The number of rotatable bonds is 16. The van der Waals surface area contributed by atoms with Gasteiger partial charge in [0.25, 0.3) is 0 Å². The Kier molecular flexibility index (Phi) is 14.4. The van der Waals surface area contributed by atoms with Gasteiger partial charge in [-0.1, -0.05) is 85.5 Å². The minimum Gasteiger partial charge on any atom is -0.469 e. The second-order valence-corrected chi connectivity index (χ2v) is 14.3. The van der Waals surface area contributed by atoms with Crippen molar-refractivity contribution in [1.29, 1.82) is 0 Å². The predicted octanol–water partition coefficient (Wildman–Crippen LogP) is 7.64. The molecule has 0 aliphatic rings. The molecule has 0 heterocycles. The van der Waals surface area contributed by atoms with Crippen LogP contribution in [0, 0.1) is 0 Å². The molecule has 0 bridgehead atoms. The maximum absolute atomic E-state index is 11.2. The van der Waals surface area contributed by atoms with Crippen LogP contribution in [0.15, 0.2) is 0 Å². The Morgan fingerprint density at radius 1 is 0.852 bits per heavy atom. The molecule has 0 saturated heterocycles. The summed E-state index contributed by atoms with van der Waals surface area (Å²) >= 11 is 0. The summed E-state index contributed by atoms with van der Waals surface area (Å²) in [5.74, 6) is -0.0859. The van der Waals surface area contributed by atoms with Crippen LogP contribution < -0.4 is 0 Å². The highest BCUT2D eigenvalue weighted by Crippen LogP contribution is 2.38. The first-order chi connectivity index (χ1) is 12.6. The van der Waals surface area contributed by atoms with Crippen LogP contribution in [0.1, 0.15) is 111 Å². The Hall–Kier alpha value is -0.353. The lowest BCUT2D eigenvalue weighted by molar-refractivity contribution is -0.140. The molecule has 0 aromatic rings. The van der Waals surface area contributed by atoms with Crippen LogP contribution in [0.25, 0.3) is 0 Å². The Bertz CT molecular complexity index is 374. The third-order valence-corrected chi connectivity index (χ3v) is 10.6. The second kappa shape index (κ2) is 14.6. The number of methoxy groups -OCH3 is 1. The van der Waals surface area contributed by atoms with Gasteiger partial charge in [-0.05, 0) is 37.4 Å². The van der Waals surface area contributed by atoms with E-state index in [0.29, 0.717) is 12.5 Å². The summed E-state index contributed by atoms with van der Waals surface area (Å²) in [6, 6.07) is 0. The number of unbranched alkanes of at least 4 members (excludes halogenated alkanes) is 8. The molecule has 0 amide bonds. The van der Waals surface area contributed by atoms with Crippen LogP contribution in [0.2, 0.25) is 18.1 Å². The normalized spacial score (nSPS) is 13.6. The zero-order valence-corrected chi connectivity index (χ0v) is 20.5. The zero-order valence-electron chi connectivity index (χ0n) is 19.5. The Labute approximate surface area is 171 Å². The molecule has 0 fully saturated rings. The maximum Gasteiger partial charge on any atom is 0.305 e. The molecule has 0 aromatic carbocycles. The van der Waals surface area contributed by atoms with Crippen molar-refractivity contribution in [3.8, 4) is 0 Å². The molecular weight excluding hydrogens is 352 g/mol. The number of hydrogen-bond acceptors (Lipinski definition) is 3. The molecule has 1 unspecified atom stereocenters. The minimum atomic E-state index is -1.71. The van der Waals surface area contributed by atoms with E-state index in [-0.39, 0.29) is 11.0 Å². The molecule has 1 atom stereocenters. The van der Waals surface area contributed by atoms with Crippen LogP contribution >= 0.6 is 0 Å². The van der Waals surface area contributed by atoms with Gasteiger partial charge in [-0.3, -0.25) is 4.79 Å². The predicted molar refractivity (Wildman–Crippen MR) is 120 cm³/mol. The van der Waals surface area contributed by atoms with E-state index in [9.17, 15) is 4.79 Å². The number of hydrogen-bond donors (Lipinski definition) is 0. The summed E-state index contributed by atoms with van der Waals surface area (Å²) in [6.07, 6.45) is 15.9. The maximum atomic E-state index is 11.2. The lowest BCUT2D eigenvalue weighted by Crippen LogP contribution is -2.44. The van der Waals surface area contributed by atoms with Crippen molar-refractivity contribution in [3.05, 3.63) is 0 Å². The largest absolute Gasteiger partial charge is 0.469 e. The number of ether oxygens (including phenoxy) is 1. The highest BCUT2D eigenvalue weighted by molar-refractivity contribution is 6.74. The van der Waals surface area contributed by atoms with Crippen LogP contribution in [-0.4, -0.2) is 27.5 Å². The van der Waals surface area contributed by atoms with E-state index in [2.05, 4.69) is 40.8 Å². The molecular formula is C23H48O3Si. The summed E-state index contributed by atoms with van der Waals surface area (Å²) in [6.45, 7) is 14.0. The minimum absolute atomic E-state index is 0.0859. The molecule has 0 saturated carbocycles. The standard InChI is InChI=1S/C23H48O3Si/c1-8-9-10-11-12-15-18-21(26-27(6,7)23(2,3)4)19-16-13-14-17-20-22(24)25-5/h21H,8-20H2,1-7H3. The van der Waals surface area contributed by atoms with Gasteiger partial charge in [0.15, 0.2) is 8.32 Å². The van der Waals surface area contributed by atoms with Gasteiger partial charge in [0.2, 0.25) is 0 Å². The van der Waals surface area contributed by atoms with E-state index < -0.39 is 8.32 Å². The smallest absolute Gasteiger partial charge is 0.305 e. The van der Waals surface area contributed by atoms with E-state index in [1.54, 1.807) is 0 Å². The van der Waals surface area contributed by atoms with Crippen molar-refractivity contribution in [2.75, 3.05) is 7.11 Å². The van der Waals surface area contributed by atoms with Crippen LogP contribution in [0.5, 0.6) is 0 Å². The Morgan fingerprint density at radius 2 is 1.33 bits per heavy atom. The molecule has 27 heavy (non-hydrogen) atoms. The molecule has 3 nitrogen and oxygen atoms in total. The lowest BCUT2D eigenvalue weighted by Gasteiger charge is -2.39. The second-order valence-electron chi connectivity index (χ2n) is 9.59. The highest BCUT2D eigenvalue weighted by Gasteiger charge is 2.38. The third-order valence-electron chi connectivity index (χ3n) is 6.03. The van der Waals surface area contributed by atoms with Gasteiger partial charge in [-0.15, -0.1) is 0 Å². The first kappa shape index (κ1) is 26.6.